The summed E-state index contributed by atoms with van der Waals surface area (Å²) < 4.78 is 0. The lowest BCUT2D eigenvalue weighted by molar-refractivity contribution is 0.0805. The van der Waals surface area contributed by atoms with E-state index in [1.165, 1.54) is 57.9 Å². The van der Waals surface area contributed by atoms with E-state index in [1.807, 2.05) is 0 Å². The standard InChI is InChI=1S/C14H28N2O/c17-12-14(7-3-1-4-8-14)11-15-10-13-6-2-5-9-16-13/h13,15-17H,1-12H2. The van der Waals surface area contributed by atoms with Crippen LogP contribution in [0.4, 0.5) is 0 Å². The summed E-state index contributed by atoms with van der Waals surface area (Å²) in [5.41, 5.74) is 0.187. The second kappa shape index (κ2) is 6.72. The molecule has 0 bridgehead atoms. The van der Waals surface area contributed by atoms with E-state index in [-0.39, 0.29) is 5.41 Å². The molecule has 0 aromatic rings. The highest BCUT2D eigenvalue weighted by atomic mass is 16.3. The Morgan fingerprint density at radius 2 is 1.94 bits per heavy atom. The Hall–Kier alpha value is -0.120. The fraction of sp³-hybridized carbons (Fsp3) is 1.00. The predicted molar refractivity (Wildman–Crippen MR) is 71.1 cm³/mol. The van der Waals surface area contributed by atoms with Gasteiger partial charge in [0.05, 0.1) is 0 Å². The minimum Gasteiger partial charge on any atom is -0.396 e. The number of piperidine rings is 1. The van der Waals surface area contributed by atoms with E-state index in [1.54, 1.807) is 0 Å². The third kappa shape index (κ3) is 3.94. The van der Waals surface area contributed by atoms with Crippen LogP contribution in [0.25, 0.3) is 0 Å². The van der Waals surface area contributed by atoms with Crippen LogP contribution < -0.4 is 10.6 Å². The van der Waals surface area contributed by atoms with Gasteiger partial charge in [-0.2, -0.15) is 0 Å². The van der Waals surface area contributed by atoms with Crippen LogP contribution >= 0.6 is 0 Å². The van der Waals surface area contributed by atoms with Gasteiger partial charge in [0.2, 0.25) is 0 Å². The number of rotatable bonds is 5. The summed E-state index contributed by atoms with van der Waals surface area (Å²) in [7, 11) is 0. The maximum Gasteiger partial charge on any atom is 0.0499 e. The van der Waals surface area contributed by atoms with Gasteiger partial charge >= 0.3 is 0 Å². The van der Waals surface area contributed by atoms with Crippen LogP contribution in [-0.4, -0.2) is 37.4 Å². The molecule has 1 saturated carbocycles. The minimum atomic E-state index is 0.187. The lowest BCUT2D eigenvalue weighted by atomic mass is 9.74. The van der Waals surface area contributed by atoms with E-state index >= 15 is 0 Å². The van der Waals surface area contributed by atoms with Crippen molar-refractivity contribution in [3.63, 3.8) is 0 Å². The maximum atomic E-state index is 9.62. The molecule has 0 aromatic carbocycles. The van der Waals surface area contributed by atoms with Crippen LogP contribution in [0, 0.1) is 5.41 Å². The van der Waals surface area contributed by atoms with Crippen LogP contribution in [-0.2, 0) is 0 Å². The van der Waals surface area contributed by atoms with E-state index in [0.29, 0.717) is 12.6 Å². The van der Waals surface area contributed by atoms with Crippen molar-refractivity contribution in [1.29, 1.82) is 0 Å². The van der Waals surface area contributed by atoms with Crippen LogP contribution in [0.5, 0.6) is 0 Å². The molecule has 3 N–H and O–H groups in total. The zero-order valence-electron chi connectivity index (χ0n) is 11.0. The van der Waals surface area contributed by atoms with Gasteiger partial charge in [0, 0.05) is 31.2 Å². The predicted octanol–water partition coefficient (Wildman–Crippen LogP) is 1.66. The SMILES string of the molecule is OCC1(CNCC2CCCCN2)CCCCC1. The topological polar surface area (TPSA) is 44.3 Å². The van der Waals surface area contributed by atoms with Gasteiger partial charge in [-0.25, -0.2) is 0 Å². The van der Waals surface area contributed by atoms with Gasteiger partial charge in [0.25, 0.3) is 0 Å². The number of nitrogens with one attached hydrogen (secondary N) is 2. The highest BCUT2D eigenvalue weighted by Gasteiger charge is 2.31. The first-order valence-corrected chi connectivity index (χ1v) is 7.40. The summed E-state index contributed by atoms with van der Waals surface area (Å²) in [6.45, 7) is 3.61. The molecule has 1 atom stereocenters. The number of aliphatic hydroxyl groups excluding tert-OH is 1. The molecule has 1 unspecified atom stereocenters. The highest BCUT2D eigenvalue weighted by molar-refractivity contribution is 4.85. The molecule has 1 heterocycles. The molecule has 2 fully saturated rings. The first-order valence-electron chi connectivity index (χ1n) is 7.40. The molecule has 1 aliphatic carbocycles. The van der Waals surface area contributed by atoms with E-state index in [0.717, 1.165) is 13.1 Å². The zero-order chi connectivity index (χ0) is 12.0. The first-order chi connectivity index (χ1) is 8.35. The molecule has 3 nitrogen and oxygen atoms in total. The molecule has 2 rings (SSSR count). The van der Waals surface area contributed by atoms with Gasteiger partial charge in [-0.15, -0.1) is 0 Å². The molecule has 17 heavy (non-hydrogen) atoms. The van der Waals surface area contributed by atoms with E-state index in [9.17, 15) is 5.11 Å². The summed E-state index contributed by atoms with van der Waals surface area (Å²) in [6, 6.07) is 0.656. The van der Waals surface area contributed by atoms with E-state index in [4.69, 9.17) is 0 Å². The Balaban J connectivity index is 1.68. The second-order valence-electron chi connectivity index (χ2n) is 6.00. The zero-order valence-corrected chi connectivity index (χ0v) is 11.0. The number of hydrogen-bond acceptors (Lipinski definition) is 3. The van der Waals surface area contributed by atoms with Gasteiger partial charge < -0.3 is 15.7 Å². The Morgan fingerprint density at radius 1 is 1.12 bits per heavy atom. The van der Waals surface area contributed by atoms with Crippen LogP contribution in [0.1, 0.15) is 51.4 Å². The summed E-state index contributed by atoms with van der Waals surface area (Å²) in [5, 5.41) is 16.8. The largest absolute Gasteiger partial charge is 0.396 e. The van der Waals surface area contributed by atoms with Gasteiger partial charge in [0.1, 0.15) is 0 Å². The summed E-state index contributed by atoms with van der Waals surface area (Å²) >= 11 is 0. The lowest BCUT2D eigenvalue weighted by Gasteiger charge is -2.36. The van der Waals surface area contributed by atoms with Crippen molar-refractivity contribution in [2.24, 2.45) is 5.41 Å². The van der Waals surface area contributed by atoms with Crippen molar-refractivity contribution in [2.45, 2.75) is 57.4 Å². The van der Waals surface area contributed by atoms with Gasteiger partial charge in [-0.3, -0.25) is 0 Å². The number of aliphatic hydroxyl groups is 1. The Bertz CT molecular complexity index is 208. The fourth-order valence-electron chi connectivity index (χ4n) is 3.30. The van der Waals surface area contributed by atoms with E-state index < -0.39 is 0 Å². The third-order valence-electron chi connectivity index (χ3n) is 4.55. The normalized spacial score (nSPS) is 29.1. The Morgan fingerprint density at radius 3 is 2.59 bits per heavy atom. The molecule has 0 aromatic heterocycles. The average Bonchev–Trinajstić information content (AvgIpc) is 2.41. The van der Waals surface area contributed by atoms with Gasteiger partial charge in [0.15, 0.2) is 0 Å². The summed E-state index contributed by atoms with van der Waals surface area (Å²) in [6.07, 6.45) is 10.4. The highest BCUT2D eigenvalue weighted by Crippen LogP contribution is 2.35. The lowest BCUT2D eigenvalue weighted by Crippen LogP contribution is -2.46. The maximum absolute atomic E-state index is 9.62. The molecule has 0 radical (unpaired) electrons. The molecule has 1 aliphatic heterocycles. The average molecular weight is 240 g/mol. The molecule has 1 saturated heterocycles. The molecule has 0 spiro atoms. The number of hydrogen-bond donors (Lipinski definition) is 3. The fourth-order valence-corrected chi connectivity index (χ4v) is 3.30. The minimum absolute atomic E-state index is 0.187. The second-order valence-corrected chi connectivity index (χ2v) is 6.00. The summed E-state index contributed by atoms with van der Waals surface area (Å²) in [4.78, 5) is 0. The monoisotopic (exact) mass is 240 g/mol. The van der Waals surface area contributed by atoms with E-state index in [2.05, 4.69) is 10.6 Å². The molecule has 3 heteroatoms. The molecular formula is C14H28N2O. The van der Waals surface area contributed by atoms with Gasteiger partial charge in [-0.05, 0) is 32.2 Å². The van der Waals surface area contributed by atoms with Crippen molar-refractivity contribution in [3.05, 3.63) is 0 Å². The van der Waals surface area contributed by atoms with Crippen molar-refractivity contribution in [2.75, 3.05) is 26.2 Å². The van der Waals surface area contributed by atoms with Crippen LogP contribution in [0.15, 0.2) is 0 Å². The molecule has 100 valence electrons. The Labute approximate surface area is 105 Å². The third-order valence-corrected chi connectivity index (χ3v) is 4.55. The van der Waals surface area contributed by atoms with Crippen LogP contribution in [0.3, 0.4) is 0 Å². The molecular weight excluding hydrogens is 212 g/mol. The molecule has 0 amide bonds. The van der Waals surface area contributed by atoms with Crippen molar-refractivity contribution >= 4 is 0 Å². The van der Waals surface area contributed by atoms with Crippen LogP contribution in [0.2, 0.25) is 0 Å². The summed E-state index contributed by atoms with van der Waals surface area (Å²) in [5.74, 6) is 0. The smallest absolute Gasteiger partial charge is 0.0499 e. The van der Waals surface area contributed by atoms with Crippen molar-refractivity contribution in [1.82, 2.24) is 10.6 Å². The van der Waals surface area contributed by atoms with Crippen molar-refractivity contribution in [3.8, 4) is 0 Å². The quantitative estimate of drug-likeness (QED) is 0.685. The van der Waals surface area contributed by atoms with Gasteiger partial charge in [-0.1, -0.05) is 25.7 Å². The molecule has 2 aliphatic rings. The Kier molecular flexibility index (Phi) is 5.26. The first kappa shape index (κ1) is 13.3. The van der Waals surface area contributed by atoms with Crippen molar-refractivity contribution < 1.29 is 5.11 Å².